The average Bonchev–Trinajstić information content (AvgIpc) is 2.37. The van der Waals surface area contributed by atoms with Crippen LogP contribution in [0.1, 0.15) is 33.1 Å². The molecule has 1 heterocycles. The van der Waals surface area contributed by atoms with E-state index in [-0.39, 0.29) is 19.7 Å². The number of carboxylic acids is 1. The normalized spacial score (nSPS) is 22.4. The Balaban J connectivity index is 2.77. The molecule has 0 spiro atoms. The third kappa shape index (κ3) is 4.41. The summed E-state index contributed by atoms with van der Waals surface area (Å²) in [6.45, 7) is 3.57. The van der Waals surface area contributed by atoms with Crippen LogP contribution in [-0.2, 0) is 15.0 Å². The number of aliphatic carboxylic acids is 1. The fraction of sp³-hybridized carbons (Fsp3) is 0.909. The number of nitrogens with one attached hydrogen (secondary N) is 1. The molecule has 0 aliphatic carbocycles. The van der Waals surface area contributed by atoms with Crippen molar-refractivity contribution in [2.24, 2.45) is 5.41 Å². The highest BCUT2D eigenvalue weighted by Crippen LogP contribution is 2.21. The van der Waals surface area contributed by atoms with E-state index < -0.39 is 27.6 Å². The van der Waals surface area contributed by atoms with Gasteiger partial charge in [-0.15, -0.1) is 0 Å². The highest BCUT2D eigenvalue weighted by Gasteiger charge is 2.37. The molecule has 1 fully saturated rings. The lowest BCUT2D eigenvalue weighted by atomic mass is 9.96. The number of hydrogen-bond donors (Lipinski definition) is 3. The maximum Gasteiger partial charge on any atom is 0.322 e. The van der Waals surface area contributed by atoms with Gasteiger partial charge < -0.3 is 10.2 Å². The van der Waals surface area contributed by atoms with Gasteiger partial charge in [0.1, 0.15) is 6.04 Å². The van der Waals surface area contributed by atoms with E-state index in [1.807, 2.05) is 0 Å². The maximum absolute atomic E-state index is 12.1. The van der Waals surface area contributed by atoms with Gasteiger partial charge in [0, 0.05) is 25.1 Å². The van der Waals surface area contributed by atoms with Crippen LogP contribution in [0.5, 0.6) is 0 Å². The van der Waals surface area contributed by atoms with Gasteiger partial charge in [-0.05, 0) is 19.3 Å². The minimum absolute atomic E-state index is 0.0642. The first kappa shape index (κ1) is 16.4. The molecular formula is C11H22N2O5S. The van der Waals surface area contributed by atoms with Gasteiger partial charge in [0.2, 0.25) is 0 Å². The minimum atomic E-state index is -3.83. The van der Waals surface area contributed by atoms with Crippen LogP contribution in [0.3, 0.4) is 0 Å². The molecule has 1 aliphatic rings. The standard InChI is InChI=1S/C11H22N2O5S/c1-11(2,8-14)7-12-19(17,18)13-6-4-3-5-9(13)10(15)16/h9,12,14H,3-8H2,1-2H3,(H,15,16). The molecule has 3 N–H and O–H groups in total. The molecule has 1 rings (SSSR count). The van der Waals surface area contributed by atoms with E-state index in [1.54, 1.807) is 13.8 Å². The Morgan fingerprint density at radius 2 is 2.05 bits per heavy atom. The van der Waals surface area contributed by atoms with Crippen LogP contribution in [-0.4, -0.2) is 54.6 Å². The molecule has 8 heteroatoms. The first-order valence-electron chi connectivity index (χ1n) is 6.30. The molecule has 1 saturated heterocycles. The zero-order valence-corrected chi connectivity index (χ0v) is 12.1. The monoisotopic (exact) mass is 294 g/mol. The van der Waals surface area contributed by atoms with E-state index >= 15 is 0 Å². The van der Waals surface area contributed by atoms with Crippen molar-refractivity contribution < 1.29 is 23.4 Å². The van der Waals surface area contributed by atoms with E-state index in [0.717, 1.165) is 4.31 Å². The molecule has 19 heavy (non-hydrogen) atoms. The fourth-order valence-corrected chi connectivity index (χ4v) is 3.50. The summed E-state index contributed by atoms with van der Waals surface area (Å²) in [5.74, 6) is -1.12. The zero-order chi connectivity index (χ0) is 14.7. The lowest BCUT2D eigenvalue weighted by molar-refractivity contribution is -0.142. The molecule has 7 nitrogen and oxygen atoms in total. The van der Waals surface area contributed by atoms with Gasteiger partial charge in [0.05, 0.1) is 0 Å². The molecule has 1 unspecified atom stereocenters. The third-order valence-electron chi connectivity index (χ3n) is 3.21. The van der Waals surface area contributed by atoms with Gasteiger partial charge in [0.15, 0.2) is 0 Å². The quantitative estimate of drug-likeness (QED) is 0.628. The van der Waals surface area contributed by atoms with Crippen molar-refractivity contribution in [3.63, 3.8) is 0 Å². The van der Waals surface area contributed by atoms with Crippen molar-refractivity contribution in [1.82, 2.24) is 9.03 Å². The number of rotatable bonds is 6. The van der Waals surface area contributed by atoms with Crippen LogP contribution >= 0.6 is 0 Å². The number of nitrogens with zero attached hydrogens (tertiary/aromatic N) is 1. The second-order valence-corrected chi connectivity index (χ2v) is 7.32. The predicted molar refractivity (Wildman–Crippen MR) is 69.8 cm³/mol. The zero-order valence-electron chi connectivity index (χ0n) is 11.3. The number of piperidine rings is 1. The van der Waals surface area contributed by atoms with Gasteiger partial charge in [-0.1, -0.05) is 13.8 Å². The second-order valence-electron chi connectivity index (χ2n) is 5.61. The Morgan fingerprint density at radius 3 is 2.58 bits per heavy atom. The molecule has 0 amide bonds. The molecule has 1 aliphatic heterocycles. The summed E-state index contributed by atoms with van der Waals surface area (Å²) in [5.41, 5.74) is -0.582. The van der Waals surface area contributed by atoms with E-state index in [9.17, 15) is 13.2 Å². The Morgan fingerprint density at radius 1 is 1.42 bits per heavy atom. The summed E-state index contributed by atoms with van der Waals surface area (Å²) < 4.78 is 27.7. The van der Waals surface area contributed by atoms with Gasteiger partial charge >= 0.3 is 5.97 Å². The van der Waals surface area contributed by atoms with Crippen molar-refractivity contribution in [3.8, 4) is 0 Å². The number of carbonyl (C=O) groups is 1. The van der Waals surface area contributed by atoms with Crippen LogP contribution in [0.2, 0.25) is 0 Å². The molecular weight excluding hydrogens is 272 g/mol. The van der Waals surface area contributed by atoms with Crippen molar-refractivity contribution in [2.45, 2.75) is 39.2 Å². The molecule has 0 radical (unpaired) electrons. The molecule has 0 bridgehead atoms. The summed E-state index contributed by atoms with van der Waals surface area (Å²) in [7, 11) is -3.83. The summed E-state index contributed by atoms with van der Waals surface area (Å²) >= 11 is 0. The summed E-state index contributed by atoms with van der Waals surface area (Å²) in [6, 6.07) is -0.997. The second kappa shape index (κ2) is 6.17. The summed E-state index contributed by atoms with van der Waals surface area (Å²) in [4.78, 5) is 11.1. The lowest BCUT2D eigenvalue weighted by Gasteiger charge is -2.33. The van der Waals surface area contributed by atoms with Gasteiger partial charge in [0.25, 0.3) is 10.2 Å². The van der Waals surface area contributed by atoms with Crippen molar-refractivity contribution >= 4 is 16.2 Å². The smallest absolute Gasteiger partial charge is 0.322 e. The Hall–Kier alpha value is -0.700. The minimum Gasteiger partial charge on any atom is -0.480 e. The highest BCUT2D eigenvalue weighted by molar-refractivity contribution is 7.87. The number of carboxylic acid groups (broad SMARTS) is 1. The summed E-state index contributed by atoms with van der Waals surface area (Å²) in [5, 5.41) is 18.2. The molecule has 0 aromatic rings. The van der Waals surface area contributed by atoms with Gasteiger partial charge in [-0.25, -0.2) is 4.72 Å². The van der Waals surface area contributed by atoms with E-state index in [1.165, 1.54) is 0 Å². The molecule has 0 aromatic carbocycles. The fourth-order valence-electron chi connectivity index (χ4n) is 1.86. The van der Waals surface area contributed by atoms with Crippen LogP contribution in [0.15, 0.2) is 0 Å². The number of hydrogen-bond acceptors (Lipinski definition) is 4. The van der Waals surface area contributed by atoms with Crippen molar-refractivity contribution in [3.05, 3.63) is 0 Å². The van der Waals surface area contributed by atoms with Crippen LogP contribution in [0.4, 0.5) is 0 Å². The highest BCUT2D eigenvalue weighted by atomic mass is 32.2. The van der Waals surface area contributed by atoms with Crippen molar-refractivity contribution in [2.75, 3.05) is 19.7 Å². The molecule has 0 saturated carbocycles. The number of aliphatic hydroxyl groups excluding tert-OH is 1. The first-order chi connectivity index (χ1) is 8.69. The SMILES string of the molecule is CC(C)(CO)CNS(=O)(=O)N1CCCCC1C(=O)O. The first-order valence-corrected chi connectivity index (χ1v) is 7.74. The van der Waals surface area contributed by atoms with Gasteiger partial charge in [-0.3, -0.25) is 4.79 Å². The Labute approximate surface area is 113 Å². The maximum atomic E-state index is 12.1. The van der Waals surface area contributed by atoms with E-state index in [0.29, 0.717) is 19.3 Å². The van der Waals surface area contributed by atoms with E-state index in [2.05, 4.69) is 4.72 Å². The largest absolute Gasteiger partial charge is 0.480 e. The van der Waals surface area contributed by atoms with Gasteiger partial charge in [-0.2, -0.15) is 12.7 Å². The van der Waals surface area contributed by atoms with E-state index in [4.69, 9.17) is 10.2 Å². The van der Waals surface area contributed by atoms with Crippen LogP contribution in [0.25, 0.3) is 0 Å². The topological polar surface area (TPSA) is 107 Å². The number of aliphatic hydroxyl groups is 1. The molecule has 112 valence electrons. The van der Waals surface area contributed by atoms with Crippen LogP contribution < -0.4 is 4.72 Å². The Bertz CT molecular complexity index is 421. The molecule has 1 atom stereocenters. The van der Waals surface area contributed by atoms with Crippen LogP contribution in [0, 0.1) is 5.41 Å². The lowest BCUT2D eigenvalue weighted by Crippen LogP contribution is -2.53. The van der Waals surface area contributed by atoms with Crippen molar-refractivity contribution in [1.29, 1.82) is 0 Å². The average molecular weight is 294 g/mol. The predicted octanol–water partition coefficient (Wildman–Crippen LogP) is -0.222. The third-order valence-corrected chi connectivity index (χ3v) is 4.77. The Kier molecular flexibility index (Phi) is 5.31. The summed E-state index contributed by atoms with van der Waals surface area (Å²) in [6.07, 6.45) is 1.71. The molecule has 0 aromatic heterocycles.